The normalized spacial score (nSPS) is 10.5. The van der Waals surface area contributed by atoms with E-state index in [1.807, 2.05) is 13.8 Å². The van der Waals surface area contributed by atoms with Crippen molar-refractivity contribution in [3.63, 3.8) is 0 Å². The summed E-state index contributed by atoms with van der Waals surface area (Å²) in [5, 5.41) is 3.22. The third-order valence-corrected chi connectivity index (χ3v) is 4.96. The topological polar surface area (TPSA) is 81.7 Å². The van der Waals surface area contributed by atoms with Gasteiger partial charge in [-0.2, -0.15) is 0 Å². The largest absolute Gasteiger partial charge is 0.465 e. The zero-order chi connectivity index (χ0) is 19.3. The number of amides is 1. The van der Waals surface area contributed by atoms with Crippen LogP contribution in [0.5, 0.6) is 0 Å². The Kier molecular flexibility index (Phi) is 6.52. The maximum absolute atomic E-state index is 12.5. The van der Waals surface area contributed by atoms with Crippen LogP contribution in [0, 0.1) is 0 Å². The molecule has 0 atom stereocenters. The van der Waals surface area contributed by atoms with Crippen molar-refractivity contribution >= 4 is 34.2 Å². The molecule has 0 spiro atoms. The highest BCUT2D eigenvalue weighted by molar-refractivity contribution is 7.16. The van der Waals surface area contributed by atoms with E-state index in [1.54, 1.807) is 13.0 Å². The first-order chi connectivity index (χ1) is 12.4. The fourth-order valence-corrected chi connectivity index (χ4v) is 3.24. The molecule has 0 radical (unpaired) electrons. The van der Waals surface area contributed by atoms with E-state index in [1.165, 1.54) is 42.7 Å². The maximum atomic E-state index is 12.5. The molecule has 6 nitrogen and oxygen atoms in total. The SMILES string of the molecule is CCOC(=O)c1cc(C(C)C)sc1NC(=O)c1ccc(C(=O)OC)cc1. The Bertz CT molecular complexity index is 808. The number of hydrogen-bond donors (Lipinski definition) is 1. The molecule has 0 unspecified atom stereocenters. The second kappa shape index (κ2) is 8.62. The average molecular weight is 375 g/mol. The zero-order valence-electron chi connectivity index (χ0n) is 15.1. The molecule has 7 heteroatoms. The number of ether oxygens (including phenoxy) is 2. The van der Waals surface area contributed by atoms with Gasteiger partial charge in [0.05, 0.1) is 24.8 Å². The molecule has 0 saturated carbocycles. The van der Waals surface area contributed by atoms with E-state index in [-0.39, 0.29) is 18.4 Å². The molecule has 0 saturated heterocycles. The van der Waals surface area contributed by atoms with Crippen molar-refractivity contribution in [2.24, 2.45) is 0 Å². The van der Waals surface area contributed by atoms with Crippen LogP contribution in [0.3, 0.4) is 0 Å². The van der Waals surface area contributed by atoms with Gasteiger partial charge in [-0.05, 0) is 43.2 Å². The number of carbonyl (C=O) groups is 3. The quantitative estimate of drug-likeness (QED) is 0.769. The molecule has 2 rings (SSSR count). The highest BCUT2D eigenvalue weighted by atomic mass is 32.1. The molecule has 0 bridgehead atoms. The summed E-state index contributed by atoms with van der Waals surface area (Å²) in [7, 11) is 1.29. The van der Waals surface area contributed by atoms with Crippen molar-refractivity contribution in [2.75, 3.05) is 19.0 Å². The van der Waals surface area contributed by atoms with Gasteiger partial charge >= 0.3 is 11.9 Å². The lowest BCUT2D eigenvalue weighted by molar-refractivity contribution is 0.0527. The minimum absolute atomic E-state index is 0.221. The number of anilines is 1. The first-order valence-electron chi connectivity index (χ1n) is 8.17. The highest BCUT2D eigenvalue weighted by Crippen LogP contribution is 2.33. The molecule has 1 N–H and O–H groups in total. The van der Waals surface area contributed by atoms with Gasteiger partial charge in [-0.1, -0.05) is 13.8 Å². The highest BCUT2D eigenvalue weighted by Gasteiger charge is 2.21. The van der Waals surface area contributed by atoms with Gasteiger partial charge in [0.2, 0.25) is 0 Å². The van der Waals surface area contributed by atoms with Crippen molar-refractivity contribution in [2.45, 2.75) is 26.7 Å². The number of hydrogen-bond acceptors (Lipinski definition) is 6. The molecule has 1 heterocycles. The third kappa shape index (κ3) is 4.49. The molecular formula is C19H21NO5S. The zero-order valence-corrected chi connectivity index (χ0v) is 15.9. The van der Waals surface area contributed by atoms with Crippen LogP contribution in [0.4, 0.5) is 5.00 Å². The van der Waals surface area contributed by atoms with E-state index < -0.39 is 11.9 Å². The lowest BCUT2D eigenvalue weighted by Gasteiger charge is -2.07. The summed E-state index contributed by atoms with van der Waals surface area (Å²) < 4.78 is 9.70. The minimum Gasteiger partial charge on any atom is -0.465 e. The van der Waals surface area contributed by atoms with Crippen molar-refractivity contribution in [1.29, 1.82) is 0 Å². The summed E-state index contributed by atoms with van der Waals surface area (Å²) in [5.41, 5.74) is 1.07. The number of methoxy groups -OCH3 is 1. The van der Waals surface area contributed by atoms with Gasteiger partial charge in [-0.25, -0.2) is 9.59 Å². The molecule has 0 aliphatic rings. The molecule has 2 aromatic rings. The number of nitrogens with one attached hydrogen (secondary N) is 1. The summed E-state index contributed by atoms with van der Waals surface area (Å²) in [6.45, 7) is 6.01. The minimum atomic E-state index is -0.471. The van der Waals surface area contributed by atoms with Crippen LogP contribution in [0.2, 0.25) is 0 Å². The Labute approximate surface area is 156 Å². The predicted octanol–water partition coefficient (Wildman–Crippen LogP) is 4.09. The Morgan fingerprint density at radius 1 is 1.08 bits per heavy atom. The van der Waals surface area contributed by atoms with Crippen molar-refractivity contribution in [3.8, 4) is 0 Å². The molecule has 0 fully saturated rings. The van der Waals surface area contributed by atoms with E-state index in [0.717, 1.165) is 4.88 Å². The number of esters is 2. The Morgan fingerprint density at radius 3 is 2.23 bits per heavy atom. The van der Waals surface area contributed by atoms with E-state index in [0.29, 0.717) is 21.7 Å². The van der Waals surface area contributed by atoms with Crippen LogP contribution in [0.25, 0.3) is 0 Å². The third-order valence-electron chi connectivity index (χ3n) is 3.61. The van der Waals surface area contributed by atoms with Crippen LogP contribution in [-0.2, 0) is 9.47 Å². The molecule has 1 amide bonds. The van der Waals surface area contributed by atoms with Crippen LogP contribution in [-0.4, -0.2) is 31.6 Å². The molecule has 0 aliphatic heterocycles. The molecule has 138 valence electrons. The van der Waals surface area contributed by atoms with Gasteiger partial charge in [-0.3, -0.25) is 4.79 Å². The molecular weight excluding hydrogens is 354 g/mol. The van der Waals surface area contributed by atoms with Gasteiger partial charge in [0.25, 0.3) is 5.91 Å². The summed E-state index contributed by atoms with van der Waals surface area (Å²) in [4.78, 5) is 37.1. The molecule has 0 aliphatic carbocycles. The van der Waals surface area contributed by atoms with Crippen LogP contribution >= 0.6 is 11.3 Å². The van der Waals surface area contributed by atoms with E-state index in [9.17, 15) is 14.4 Å². The molecule has 1 aromatic carbocycles. The van der Waals surface area contributed by atoms with Gasteiger partial charge < -0.3 is 14.8 Å². The van der Waals surface area contributed by atoms with Crippen LogP contribution < -0.4 is 5.32 Å². The monoisotopic (exact) mass is 375 g/mol. The van der Waals surface area contributed by atoms with E-state index >= 15 is 0 Å². The fourth-order valence-electron chi connectivity index (χ4n) is 2.20. The summed E-state index contributed by atoms with van der Waals surface area (Å²) in [5.74, 6) is -1.09. The lowest BCUT2D eigenvalue weighted by Crippen LogP contribution is -2.14. The summed E-state index contributed by atoms with van der Waals surface area (Å²) >= 11 is 1.35. The smallest absolute Gasteiger partial charge is 0.341 e. The van der Waals surface area contributed by atoms with Crippen molar-refractivity contribution in [1.82, 2.24) is 0 Å². The second-order valence-electron chi connectivity index (χ2n) is 5.79. The maximum Gasteiger partial charge on any atom is 0.341 e. The molecule has 26 heavy (non-hydrogen) atoms. The first kappa shape index (κ1) is 19.7. The number of carbonyl (C=O) groups excluding carboxylic acids is 3. The Balaban J connectivity index is 2.24. The summed E-state index contributed by atoms with van der Waals surface area (Å²) in [6.07, 6.45) is 0. The number of benzene rings is 1. The number of rotatable bonds is 6. The van der Waals surface area contributed by atoms with Crippen molar-refractivity contribution < 1.29 is 23.9 Å². The van der Waals surface area contributed by atoms with Crippen molar-refractivity contribution in [3.05, 3.63) is 51.9 Å². The average Bonchev–Trinajstić information content (AvgIpc) is 3.05. The van der Waals surface area contributed by atoms with E-state index in [4.69, 9.17) is 4.74 Å². The van der Waals surface area contributed by atoms with Crippen LogP contribution in [0.15, 0.2) is 30.3 Å². The Hall–Kier alpha value is -2.67. The van der Waals surface area contributed by atoms with Crippen LogP contribution in [0.1, 0.15) is 62.6 Å². The van der Waals surface area contributed by atoms with Gasteiger partial charge in [0.1, 0.15) is 5.00 Å². The number of thiophene rings is 1. The second-order valence-corrected chi connectivity index (χ2v) is 6.87. The lowest BCUT2D eigenvalue weighted by atomic mass is 10.1. The standard InChI is InChI=1S/C19H21NO5S/c1-5-25-19(23)14-10-15(11(2)3)26-17(14)20-16(21)12-6-8-13(9-7-12)18(22)24-4/h6-11H,5H2,1-4H3,(H,20,21). The van der Waals surface area contributed by atoms with Gasteiger partial charge in [0.15, 0.2) is 0 Å². The Morgan fingerprint density at radius 2 is 1.69 bits per heavy atom. The first-order valence-corrected chi connectivity index (χ1v) is 8.99. The van der Waals surface area contributed by atoms with Gasteiger partial charge in [0, 0.05) is 10.4 Å². The predicted molar refractivity (Wildman–Crippen MR) is 100 cm³/mol. The molecule has 1 aromatic heterocycles. The van der Waals surface area contributed by atoms with E-state index in [2.05, 4.69) is 10.1 Å². The fraction of sp³-hybridized carbons (Fsp3) is 0.316. The van der Waals surface area contributed by atoms with Gasteiger partial charge in [-0.15, -0.1) is 11.3 Å². The summed E-state index contributed by atoms with van der Waals surface area (Å²) in [6, 6.07) is 7.84.